The fourth-order valence-electron chi connectivity index (χ4n) is 1.51. The molecule has 0 bridgehead atoms. The molecule has 0 unspecified atom stereocenters. The smallest absolute Gasteiger partial charge is 0.515 e. The van der Waals surface area contributed by atoms with Crippen LogP contribution in [-0.4, -0.2) is 4.98 Å². The normalized spacial score (nSPS) is 9.30. The van der Waals surface area contributed by atoms with E-state index in [1.54, 1.807) is 11.3 Å². The van der Waals surface area contributed by atoms with E-state index in [1.807, 2.05) is 56.3 Å². The van der Waals surface area contributed by atoms with E-state index in [1.165, 1.54) is 4.70 Å². The van der Waals surface area contributed by atoms with Crippen molar-refractivity contribution in [3.63, 3.8) is 0 Å². The molecule has 0 N–H and O–H groups in total. The van der Waals surface area contributed by atoms with E-state index in [9.17, 15) is 0 Å². The molecule has 0 aliphatic rings. The molecule has 0 aliphatic carbocycles. The Morgan fingerprint density at radius 1 is 1.10 bits per heavy atom. The Labute approximate surface area is 137 Å². The van der Waals surface area contributed by atoms with E-state index in [0.717, 1.165) is 21.7 Å². The Morgan fingerprint density at radius 3 is 2.35 bits per heavy atom. The number of para-hydroxylation sites is 1. The minimum atomic E-state index is 0. The van der Waals surface area contributed by atoms with E-state index in [4.69, 9.17) is 6.58 Å². The third-order valence-corrected chi connectivity index (χ3v) is 3.30. The quantitative estimate of drug-likeness (QED) is 0.444. The van der Waals surface area contributed by atoms with E-state index < -0.39 is 0 Å². The first kappa shape index (κ1) is 16.7. The summed E-state index contributed by atoms with van der Waals surface area (Å²) in [7, 11) is 0. The first-order chi connectivity index (χ1) is 9.16. The molecule has 0 spiro atoms. The Kier molecular flexibility index (Phi) is 6.77. The van der Waals surface area contributed by atoms with Crippen molar-refractivity contribution in [3.05, 3.63) is 66.7 Å². The maximum absolute atomic E-state index is 5.03. The molecule has 0 amide bonds. The maximum Gasteiger partial charge on any atom is 2.00 e. The van der Waals surface area contributed by atoms with Crippen LogP contribution in [0.2, 0.25) is 0 Å². The van der Waals surface area contributed by atoms with Crippen LogP contribution >= 0.6 is 11.3 Å². The molecule has 1 aromatic heterocycles. The Hall–Kier alpha value is -1.31. The average Bonchev–Trinajstić information content (AvgIpc) is 2.83. The van der Waals surface area contributed by atoms with Gasteiger partial charge in [-0.15, -0.1) is 35.9 Å². The second-order valence-electron chi connectivity index (χ2n) is 4.34. The zero-order valence-electron chi connectivity index (χ0n) is 11.8. The standard InChI is InChI=1S/C13H8NS.C4H7.Zn/c1-2-6-10(7-3-1)13-14-11-8-4-5-9-12(11)15-13;1-4(2)3;/h1-6,8-9H;1H,2-3H3;/q2*-1;+2. The molecule has 0 saturated carbocycles. The molecule has 3 aromatic rings. The van der Waals surface area contributed by atoms with Gasteiger partial charge in [0.15, 0.2) is 0 Å². The van der Waals surface area contributed by atoms with Gasteiger partial charge in [0.1, 0.15) is 0 Å². The van der Waals surface area contributed by atoms with Crippen LogP contribution in [0.25, 0.3) is 20.8 Å². The van der Waals surface area contributed by atoms with Gasteiger partial charge in [-0.25, -0.2) is 0 Å². The summed E-state index contributed by atoms with van der Waals surface area (Å²) in [5.41, 5.74) is 3.05. The second-order valence-corrected chi connectivity index (χ2v) is 5.37. The summed E-state index contributed by atoms with van der Waals surface area (Å²) in [5.74, 6) is 0. The Balaban J connectivity index is 0.000000359. The van der Waals surface area contributed by atoms with Gasteiger partial charge in [-0.2, -0.15) is 11.3 Å². The van der Waals surface area contributed by atoms with Crippen molar-refractivity contribution in [1.29, 1.82) is 0 Å². The van der Waals surface area contributed by atoms with Gasteiger partial charge in [-0.3, -0.25) is 10.6 Å². The zero-order valence-corrected chi connectivity index (χ0v) is 15.5. The van der Waals surface area contributed by atoms with E-state index in [0.29, 0.717) is 0 Å². The monoisotopic (exact) mass is 329 g/mol. The summed E-state index contributed by atoms with van der Waals surface area (Å²) in [4.78, 5) is 4.57. The van der Waals surface area contributed by atoms with Crippen molar-refractivity contribution in [2.45, 2.75) is 13.8 Å². The summed E-state index contributed by atoms with van der Waals surface area (Å²) >= 11 is 1.71. The second kappa shape index (κ2) is 8.09. The molecule has 0 radical (unpaired) electrons. The topological polar surface area (TPSA) is 12.9 Å². The molecular weight excluding hydrogens is 316 g/mol. The molecule has 0 fully saturated rings. The van der Waals surface area contributed by atoms with Gasteiger partial charge >= 0.3 is 19.5 Å². The number of fused-ring (bicyclic) bond motifs is 1. The predicted molar refractivity (Wildman–Crippen MR) is 83.1 cm³/mol. The molecule has 96 valence electrons. The average molecular weight is 331 g/mol. The van der Waals surface area contributed by atoms with Gasteiger partial charge in [-0.05, 0) is 12.1 Å². The molecule has 1 heterocycles. The molecule has 3 heteroatoms. The number of aromatic nitrogens is 1. The predicted octanol–water partition coefficient (Wildman–Crippen LogP) is 5.15. The molecule has 2 aromatic carbocycles. The minimum Gasteiger partial charge on any atom is -0.515 e. The summed E-state index contributed by atoms with van der Waals surface area (Å²) in [6, 6.07) is 19.3. The van der Waals surface area contributed by atoms with Crippen LogP contribution in [0.1, 0.15) is 13.8 Å². The van der Waals surface area contributed by atoms with Crippen LogP contribution in [0.5, 0.6) is 0 Å². The molecule has 3 rings (SSSR count). The van der Waals surface area contributed by atoms with Crippen molar-refractivity contribution < 1.29 is 19.5 Å². The zero-order chi connectivity index (χ0) is 13.7. The first-order valence-electron chi connectivity index (χ1n) is 6.05. The van der Waals surface area contributed by atoms with Crippen molar-refractivity contribution in [3.8, 4) is 10.6 Å². The van der Waals surface area contributed by atoms with Crippen molar-refractivity contribution in [2.24, 2.45) is 0 Å². The summed E-state index contributed by atoms with van der Waals surface area (Å²) < 4.78 is 1.23. The fourth-order valence-corrected chi connectivity index (χ4v) is 2.47. The van der Waals surface area contributed by atoms with Crippen LogP contribution in [0, 0.1) is 12.6 Å². The van der Waals surface area contributed by atoms with Crippen molar-refractivity contribution in [1.82, 2.24) is 4.98 Å². The molecule has 1 nitrogen and oxygen atoms in total. The minimum absolute atomic E-state index is 0. The van der Waals surface area contributed by atoms with Gasteiger partial charge in [-0.1, -0.05) is 26.0 Å². The van der Waals surface area contributed by atoms with Crippen molar-refractivity contribution >= 4 is 21.6 Å². The number of rotatable bonds is 1. The number of benzene rings is 2. The summed E-state index contributed by atoms with van der Waals surface area (Å²) in [6.45, 7) is 8.75. The maximum atomic E-state index is 5.03. The Bertz CT molecular complexity index is 637. The molecule has 0 saturated heterocycles. The van der Waals surface area contributed by atoms with E-state index >= 15 is 0 Å². The molecular formula is C17H15NSZn. The summed E-state index contributed by atoms with van der Waals surface area (Å²) in [5, 5.41) is 1.04. The van der Waals surface area contributed by atoms with Gasteiger partial charge in [0, 0.05) is 9.71 Å². The van der Waals surface area contributed by atoms with Crippen LogP contribution in [0.4, 0.5) is 0 Å². The van der Waals surface area contributed by atoms with Gasteiger partial charge in [0.2, 0.25) is 0 Å². The van der Waals surface area contributed by atoms with Crippen LogP contribution in [0.3, 0.4) is 0 Å². The number of hydrogen-bond donors (Lipinski definition) is 0. The number of hydrogen-bond acceptors (Lipinski definition) is 2. The van der Waals surface area contributed by atoms with Gasteiger partial charge in [0.25, 0.3) is 0 Å². The molecule has 20 heavy (non-hydrogen) atoms. The molecule has 0 atom stereocenters. The van der Waals surface area contributed by atoms with Crippen molar-refractivity contribution in [2.75, 3.05) is 0 Å². The number of allylic oxidation sites excluding steroid dienone is 1. The first-order valence-corrected chi connectivity index (χ1v) is 6.87. The summed E-state index contributed by atoms with van der Waals surface area (Å²) in [6.07, 6.45) is 0. The van der Waals surface area contributed by atoms with E-state index in [-0.39, 0.29) is 19.5 Å². The SMILES string of the molecule is [CH-]=C(C)C.[Zn+2].[c-]1ccccc1-c1nc2ccccc2s1. The van der Waals surface area contributed by atoms with Crippen LogP contribution in [-0.2, 0) is 19.5 Å². The fraction of sp³-hybridized carbons (Fsp3) is 0.118. The largest absolute Gasteiger partial charge is 2.00 e. The number of nitrogens with zero attached hydrogens (tertiary/aromatic N) is 1. The molecule has 0 aliphatic heterocycles. The third kappa shape index (κ3) is 4.66. The number of thiazole rings is 1. The van der Waals surface area contributed by atoms with Crippen LogP contribution < -0.4 is 0 Å². The van der Waals surface area contributed by atoms with E-state index in [2.05, 4.69) is 17.1 Å². The van der Waals surface area contributed by atoms with Gasteiger partial charge < -0.3 is 6.58 Å². The Morgan fingerprint density at radius 2 is 1.75 bits per heavy atom. The van der Waals surface area contributed by atoms with Gasteiger partial charge in [0.05, 0.1) is 5.52 Å². The third-order valence-electron chi connectivity index (χ3n) is 2.23. The van der Waals surface area contributed by atoms with Crippen LogP contribution in [0.15, 0.2) is 54.1 Å².